The lowest BCUT2D eigenvalue weighted by atomic mass is 10.0. The summed E-state index contributed by atoms with van der Waals surface area (Å²) in [4.78, 5) is 13.1. The highest BCUT2D eigenvalue weighted by molar-refractivity contribution is 6.18. The molecule has 26 heavy (non-hydrogen) atoms. The van der Waals surface area contributed by atoms with Crippen molar-refractivity contribution in [2.75, 3.05) is 6.61 Å². The molecule has 4 rings (SSSR count). The van der Waals surface area contributed by atoms with Gasteiger partial charge in [0.05, 0.1) is 12.3 Å². The van der Waals surface area contributed by atoms with E-state index >= 15 is 0 Å². The Labute approximate surface area is 151 Å². The smallest absolute Gasteiger partial charge is 0.155 e. The molecular weight excluding hydrogens is 326 g/mol. The first-order chi connectivity index (χ1) is 12.8. The second kappa shape index (κ2) is 7.14. The van der Waals surface area contributed by atoms with Crippen LogP contribution in [0.25, 0.3) is 0 Å². The largest absolute Gasteiger partial charge is 0.494 e. The van der Waals surface area contributed by atoms with Gasteiger partial charge in [-0.1, -0.05) is 0 Å². The maximum absolute atomic E-state index is 5.66. The van der Waals surface area contributed by atoms with Crippen molar-refractivity contribution in [2.24, 2.45) is 10.1 Å². The lowest BCUT2D eigenvalue weighted by Crippen LogP contribution is -2.19. The van der Waals surface area contributed by atoms with Gasteiger partial charge in [-0.05, 0) is 49.4 Å². The van der Waals surface area contributed by atoms with E-state index < -0.39 is 0 Å². The minimum atomic E-state index is 0.598. The lowest BCUT2D eigenvalue weighted by Gasteiger charge is -2.10. The van der Waals surface area contributed by atoms with Crippen LogP contribution in [0.1, 0.15) is 23.6 Å². The van der Waals surface area contributed by atoms with E-state index in [0.717, 1.165) is 33.8 Å². The van der Waals surface area contributed by atoms with Crippen LogP contribution in [0.2, 0.25) is 0 Å². The van der Waals surface area contributed by atoms with Gasteiger partial charge in [-0.15, -0.1) is 0 Å². The SMILES string of the molecule is CCOc1ccc2c(c1)C(c1cccnc1)=NNC(c1cccnc1)=N2. The molecule has 0 radical (unpaired) electrons. The molecule has 1 aromatic carbocycles. The summed E-state index contributed by atoms with van der Waals surface area (Å²) in [6.45, 7) is 2.56. The topological polar surface area (TPSA) is 71.8 Å². The van der Waals surface area contributed by atoms with Gasteiger partial charge in [0.25, 0.3) is 0 Å². The summed E-state index contributed by atoms with van der Waals surface area (Å²) in [6, 6.07) is 13.5. The highest BCUT2D eigenvalue weighted by atomic mass is 16.5. The highest BCUT2D eigenvalue weighted by Crippen LogP contribution is 2.29. The lowest BCUT2D eigenvalue weighted by molar-refractivity contribution is 0.340. The van der Waals surface area contributed by atoms with E-state index in [1.54, 1.807) is 24.8 Å². The Morgan fingerprint density at radius 3 is 2.42 bits per heavy atom. The average Bonchev–Trinajstić information content (AvgIpc) is 2.89. The van der Waals surface area contributed by atoms with E-state index in [1.165, 1.54) is 0 Å². The Balaban J connectivity index is 1.86. The minimum Gasteiger partial charge on any atom is -0.494 e. The molecule has 128 valence electrons. The van der Waals surface area contributed by atoms with Gasteiger partial charge in [-0.2, -0.15) is 5.10 Å². The number of aromatic nitrogens is 2. The first kappa shape index (κ1) is 16.0. The van der Waals surface area contributed by atoms with Gasteiger partial charge in [0.15, 0.2) is 5.84 Å². The summed E-state index contributed by atoms with van der Waals surface area (Å²) in [5.41, 5.74) is 7.29. The van der Waals surface area contributed by atoms with Crippen LogP contribution in [0.5, 0.6) is 5.75 Å². The standard InChI is InChI=1S/C20H17N5O/c1-2-26-16-7-8-18-17(11-16)19(14-5-3-9-21-12-14)24-25-20(23-18)15-6-4-10-22-13-15/h3-13H,2H2,1H3,(H,23,25). The van der Waals surface area contributed by atoms with Crippen LogP contribution in [0.4, 0.5) is 5.69 Å². The van der Waals surface area contributed by atoms with Crippen molar-refractivity contribution in [3.8, 4) is 5.75 Å². The van der Waals surface area contributed by atoms with Gasteiger partial charge in [0.1, 0.15) is 11.5 Å². The molecule has 0 atom stereocenters. The number of hydrogen-bond acceptors (Lipinski definition) is 6. The van der Waals surface area contributed by atoms with E-state index in [-0.39, 0.29) is 0 Å². The van der Waals surface area contributed by atoms with E-state index in [9.17, 15) is 0 Å². The summed E-state index contributed by atoms with van der Waals surface area (Å²) in [5.74, 6) is 1.42. The van der Waals surface area contributed by atoms with Crippen LogP contribution in [0.3, 0.4) is 0 Å². The third-order valence-corrected chi connectivity index (χ3v) is 3.91. The number of hydrogen-bond donors (Lipinski definition) is 1. The fourth-order valence-corrected chi connectivity index (χ4v) is 2.73. The summed E-state index contributed by atoms with van der Waals surface area (Å²) >= 11 is 0. The maximum Gasteiger partial charge on any atom is 0.155 e. The Bertz CT molecular complexity index is 968. The number of aliphatic imine (C=N–C) groups is 1. The summed E-state index contributed by atoms with van der Waals surface area (Å²) in [5, 5.41) is 4.61. The monoisotopic (exact) mass is 343 g/mol. The van der Waals surface area contributed by atoms with Crippen LogP contribution in [-0.2, 0) is 0 Å². The molecule has 0 fully saturated rings. The molecule has 3 heterocycles. The number of amidine groups is 1. The third-order valence-electron chi connectivity index (χ3n) is 3.91. The Hall–Kier alpha value is -3.54. The molecule has 6 heteroatoms. The first-order valence-corrected chi connectivity index (χ1v) is 8.35. The normalized spacial score (nSPS) is 13.0. The van der Waals surface area contributed by atoms with Gasteiger partial charge in [0, 0.05) is 41.5 Å². The van der Waals surface area contributed by atoms with Crippen molar-refractivity contribution in [3.05, 3.63) is 83.9 Å². The molecule has 0 bridgehead atoms. The molecule has 0 unspecified atom stereocenters. The molecule has 0 amide bonds. The van der Waals surface area contributed by atoms with Crippen molar-refractivity contribution in [1.82, 2.24) is 15.4 Å². The van der Waals surface area contributed by atoms with Crippen LogP contribution in [-0.4, -0.2) is 28.1 Å². The molecule has 0 spiro atoms. The van der Waals surface area contributed by atoms with Crippen LogP contribution >= 0.6 is 0 Å². The second-order valence-corrected chi connectivity index (χ2v) is 5.63. The number of benzene rings is 1. The molecule has 2 aromatic heterocycles. The van der Waals surface area contributed by atoms with Crippen molar-refractivity contribution < 1.29 is 4.74 Å². The van der Waals surface area contributed by atoms with Crippen molar-refractivity contribution in [3.63, 3.8) is 0 Å². The van der Waals surface area contributed by atoms with Crippen molar-refractivity contribution in [1.29, 1.82) is 0 Å². The average molecular weight is 343 g/mol. The Morgan fingerprint density at radius 1 is 0.962 bits per heavy atom. The minimum absolute atomic E-state index is 0.598. The summed E-state index contributed by atoms with van der Waals surface area (Å²) in [6.07, 6.45) is 7.01. The molecule has 6 nitrogen and oxygen atoms in total. The quantitative estimate of drug-likeness (QED) is 0.789. The summed E-state index contributed by atoms with van der Waals surface area (Å²) in [7, 11) is 0. The van der Waals surface area contributed by atoms with Gasteiger partial charge >= 0.3 is 0 Å². The zero-order valence-corrected chi connectivity index (χ0v) is 14.3. The molecule has 1 N–H and O–H groups in total. The molecular formula is C20H17N5O. The van der Waals surface area contributed by atoms with Gasteiger partial charge in [-0.25, -0.2) is 4.99 Å². The van der Waals surface area contributed by atoms with Crippen LogP contribution in [0, 0.1) is 0 Å². The number of hydrazone groups is 1. The number of nitrogens with zero attached hydrogens (tertiary/aromatic N) is 4. The molecule has 0 saturated carbocycles. The second-order valence-electron chi connectivity index (χ2n) is 5.63. The maximum atomic E-state index is 5.66. The van der Waals surface area contributed by atoms with E-state index in [2.05, 4.69) is 20.5 Å². The Kier molecular flexibility index (Phi) is 4.38. The Morgan fingerprint density at radius 2 is 1.73 bits per heavy atom. The molecule has 0 aliphatic carbocycles. The fourth-order valence-electron chi connectivity index (χ4n) is 2.73. The molecule has 1 aliphatic rings. The number of nitrogens with one attached hydrogen (secondary N) is 1. The van der Waals surface area contributed by atoms with E-state index in [4.69, 9.17) is 9.73 Å². The van der Waals surface area contributed by atoms with Gasteiger partial charge < -0.3 is 4.74 Å². The number of ether oxygens (including phenoxy) is 1. The van der Waals surface area contributed by atoms with Crippen LogP contribution < -0.4 is 10.2 Å². The molecule has 0 saturated heterocycles. The highest BCUT2D eigenvalue weighted by Gasteiger charge is 2.18. The van der Waals surface area contributed by atoms with Crippen molar-refractivity contribution in [2.45, 2.75) is 6.92 Å². The zero-order chi connectivity index (χ0) is 17.8. The van der Waals surface area contributed by atoms with Crippen LogP contribution in [0.15, 0.2) is 77.3 Å². The molecule has 3 aromatic rings. The van der Waals surface area contributed by atoms with Gasteiger partial charge in [0.2, 0.25) is 0 Å². The first-order valence-electron chi connectivity index (χ1n) is 8.35. The van der Waals surface area contributed by atoms with E-state index in [0.29, 0.717) is 12.4 Å². The zero-order valence-electron chi connectivity index (χ0n) is 14.3. The van der Waals surface area contributed by atoms with Gasteiger partial charge in [-0.3, -0.25) is 15.4 Å². The van der Waals surface area contributed by atoms with Crippen molar-refractivity contribution >= 4 is 17.2 Å². The fraction of sp³-hybridized carbons (Fsp3) is 0.100. The molecule has 1 aliphatic heterocycles. The number of fused-ring (bicyclic) bond motifs is 1. The number of rotatable bonds is 4. The predicted octanol–water partition coefficient (Wildman–Crippen LogP) is 3.31. The number of pyridine rings is 2. The van der Waals surface area contributed by atoms with E-state index in [1.807, 2.05) is 49.4 Å². The summed E-state index contributed by atoms with van der Waals surface area (Å²) < 4.78 is 5.66. The third kappa shape index (κ3) is 3.17. The predicted molar refractivity (Wildman–Crippen MR) is 101 cm³/mol.